The van der Waals surface area contributed by atoms with Crippen LogP contribution in [0, 0.1) is 0 Å². The van der Waals surface area contributed by atoms with Gasteiger partial charge in [0, 0.05) is 24.8 Å². The number of hydrogen-bond donors (Lipinski definition) is 6. The molecule has 1 rings (SSSR count). The first-order valence-corrected chi connectivity index (χ1v) is 9.25. The minimum Gasteiger partial charge on any atom is -0.394 e. The fourth-order valence-corrected chi connectivity index (χ4v) is 4.09. The van der Waals surface area contributed by atoms with Crippen molar-refractivity contribution in [1.29, 1.82) is 0 Å². The Morgan fingerprint density at radius 3 is 2.27 bits per heavy atom. The van der Waals surface area contributed by atoms with Gasteiger partial charge in [-0.3, -0.25) is 4.57 Å². The molecule has 0 amide bonds. The van der Waals surface area contributed by atoms with Gasteiger partial charge in [-0.15, -0.1) is 23.2 Å². The van der Waals surface area contributed by atoms with Crippen molar-refractivity contribution in [3.05, 3.63) is 0 Å². The lowest BCUT2D eigenvalue weighted by Crippen LogP contribution is -2.63. The molecule has 1 saturated heterocycles. The number of rotatable bonds is 8. The molecule has 22 heavy (non-hydrogen) atoms. The molecule has 1 heterocycles. The van der Waals surface area contributed by atoms with Gasteiger partial charge in [0.1, 0.15) is 30.6 Å². The summed E-state index contributed by atoms with van der Waals surface area (Å²) in [7, 11) is -4.17. The molecule has 0 radical (unpaired) electrons. The average Bonchev–Trinajstić information content (AvgIpc) is 2.49. The number of ether oxygens (including phenoxy) is 1. The average molecular weight is 383 g/mol. The summed E-state index contributed by atoms with van der Waals surface area (Å²) in [4.78, 5) is 10.1. The van der Waals surface area contributed by atoms with Crippen molar-refractivity contribution in [2.45, 2.75) is 30.6 Å². The number of halogens is 2. The normalized spacial score (nSPS) is 35.5. The fourth-order valence-electron chi connectivity index (χ4n) is 2.11. The molecule has 1 aliphatic rings. The number of aliphatic hydroxyl groups excluding tert-OH is 4. The van der Waals surface area contributed by atoms with Gasteiger partial charge in [-0.2, -0.15) is 4.67 Å². The number of nitrogens with one attached hydrogen (secondary N) is 1. The minimum atomic E-state index is -4.17. The number of alkyl halides is 2. The first-order chi connectivity index (χ1) is 10.3. The molecule has 132 valence electrons. The van der Waals surface area contributed by atoms with Crippen molar-refractivity contribution < 1.29 is 34.6 Å². The smallest absolute Gasteiger partial charge is 0.343 e. The van der Waals surface area contributed by atoms with Gasteiger partial charge in [-0.05, 0) is 0 Å². The van der Waals surface area contributed by atoms with Crippen LogP contribution in [-0.2, 0) is 9.30 Å². The molecule has 1 aliphatic heterocycles. The highest BCUT2D eigenvalue weighted by Gasteiger charge is 2.49. The Morgan fingerprint density at radius 1 is 1.14 bits per heavy atom. The van der Waals surface area contributed by atoms with Gasteiger partial charge in [-0.25, -0.2) is 5.09 Å². The van der Waals surface area contributed by atoms with Crippen LogP contribution in [0.3, 0.4) is 0 Å². The summed E-state index contributed by atoms with van der Waals surface area (Å²) in [5, 5.41) is 41.0. The van der Waals surface area contributed by atoms with E-state index in [0.29, 0.717) is 0 Å². The first kappa shape index (κ1) is 20.5. The highest BCUT2D eigenvalue weighted by atomic mass is 35.5. The lowest BCUT2D eigenvalue weighted by atomic mass is 9.98. The Hall–Kier alpha value is 0.490. The Morgan fingerprint density at radius 2 is 1.77 bits per heavy atom. The van der Waals surface area contributed by atoms with E-state index >= 15 is 0 Å². The predicted molar refractivity (Wildman–Crippen MR) is 79.7 cm³/mol. The van der Waals surface area contributed by atoms with E-state index in [1.54, 1.807) is 0 Å². The van der Waals surface area contributed by atoms with Crippen LogP contribution < -0.4 is 5.09 Å². The van der Waals surface area contributed by atoms with Gasteiger partial charge >= 0.3 is 7.67 Å². The van der Waals surface area contributed by atoms with Gasteiger partial charge in [0.15, 0.2) is 0 Å². The van der Waals surface area contributed by atoms with Gasteiger partial charge in [-0.1, -0.05) is 0 Å². The van der Waals surface area contributed by atoms with Gasteiger partial charge in [0.25, 0.3) is 0 Å². The van der Waals surface area contributed by atoms with E-state index in [-0.39, 0.29) is 24.8 Å². The molecule has 0 aromatic carbocycles. The van der Waals surface area contributed by atoms with E-state index in [9.17, 15) is 24.8 Å². The van der Waals surface area contributed by atoms with Crippen molar-refractivity contribution in [2.24, 2.45) is 0 Å². The highest BCUT2D eigenvalue weighted by molar-refractivity contribution is 7.53. The van der Waals surface area contributed by atoms with Crippen LogP contribution in [0.2, 0.25) is 0 Å². The van der Waals surface area contributed by atoms with Crippen molar-refractivity contribution in [3.63, 3.8) is 0 Å². The quantitative estimate of drug-likeness (QED) is 0.213. The SMILES string of the molecule is O=P(O)(NCCCl)N(CCCl)[C@H]1O[C@H](CO)[C@@H](O)[C@H](O)[C@@H]1O. The molecule has 0 saturated carbocycles. The zero-order chi connectivity index (χ0) is 16.9. The van der Waals surface area contributed by atoms with Gasteiger partial charge in [0.05, 0.1) is 6.61 Å². The van der Waals surface area contributed by atoms with Crippen LogP contribution in [0.1, 0.15) is 0 Å². The van der Waals surface area contributed by atoms with Crippen LogP contribution in [-0.4, -0.2) is 92.1 Å². The van der Waals surface area contributed by atoms with E-state index in [4.69, 9.17) is 33.0 Å². The third-order valence-corrected chi connectivity index (χ3v) is 5.35. The van der Waals surface area contributed by atoms with E-state index in [0.717, 1.165) is 4.67 Å². The van der Waals surface area contributed by atoms with Crippen molar-refractivity contribution in [3.8, 4) is 0 Å². The highest BCUT2D eigenvalue weighted by Crippen LogP contribution is 2.44. The predicted octanol–water partition coefficient (Wildman–Crippen LogP) is -1.74. The lowest BCUT2D eigenvalue weighted by molar-refractivity contribution is -0.253. The second kappa shape index (κ2) is 9.10. The fraction of sp³-hybridized carbons (Fsp3) is 1.00. The topological polar surface area (TPSA) is 143 Å². The number of hydrogen-bond acceptors (Lipinski definition) is 6. The lowest BCUT2D eigenvalue weighted by Gasteiger charge is -2.45. The Labute approximate surface area is 138 Å². The summed E-state index contributed by atoms with van der Waals surface area (Å²) in [5.41, 5.74) is 0. The molecule has 0 bridgehead atoms. The third-order valence-electron chi connectivity index (χ3n) is 3.23. The molecular formula is C10H21Cl2N2O7P. The summed E-state index contributed by atoms with van der Waals surface area (Å²) in [5.74, 6) is 0.0239. The molecule has 0 spiro atoms. The molecule has 6 N–H and O–H groups in total. The Balaban J connectivity index is 3.00. The molecule has 0 aromatic rings. The van der Waals surface area contributed by atoms with Gasteiger partial charge < -0.3 is 30.1 Å². The van der Waals surface area contributed by atoms with E-state index in [2.05, 4.69) is 5.09 Å². The molecule has 9 nitrogen and oxygen atoms in total. The van der Waals surface area contributed by atoms with E-state index in [1.807, 2.05) is 0 Å². The first-order valence-electron chi connectivity index (χ1n) is 6.57. The Kier molecular flexibility index (Phi) is 8.49. The second-order valence-electron chi connectivity index (χ2n) is 4.71. The summed E-state index contributed by atoms with van der Waals surface area (Å²) in [6, 6.07) is 0. The van der Waals surface area contributed by atoms with Crippen molar-refractivity contribution in [2.75, 3.05) is 31.5 Å². The Bertz CT molecular complexity index is 392. The van der Waals surface area contributed by atoms with Crippen LogP contribution in [0.4, 0.5) is 0 Å². The maximum atomic E-state index is 12.3. The summed E-state index contributed by atoms with van der Waals surface area (Å²) >= 11 is 11.1. The van der Waals surface area contributed by atoms with Crippen LogP contribution in [0.25, 0.3) is 0 Å². The molecule has 12 heteroatoms. The van der Waals surface area contributed by atoms with Crippen molar-refractivity contribution >= 4 is 30.9 Å². The van der Waals surface area contributed by atoms with Crippen LogP contribution in [0.15, 0.2) is 0 Å². The summed E-state index contributed by atoms with van der Waals surface area (Å²) in [6.07, 6.45) is -7.49. The summed E-state index contributed by atoms with van der Waals surface area (Å²) in [6.45, 7) is -0.764. The zero-order valence-electron chi connectivity index (χ0n) is 11.6. The number of nitrogens with zero attached hydrogens (tertiary/aromatic N) is 1. The van der Waals surface area contributed by atoms with Crippen LogP contribution in [0.5, 0.6) is 0 Å². The third kappa shape index (κ3) is 4.75. The molecule has 6 atom stereocenters. The molecular weight excluding hydrogens is 362 g/mol. The monoisotopic (exact) mass is 382 g/mol. The maximum absolute atomic E-state index is 12.3. The standard InChI is InChI=1S/C10H21Cl2N2O7P/c11-1-3-13-22(19,20)14(4-2-12)10-9(18)8(17)7(16)6(5-15)21-10/h6-10,15-18H,1-5H2,(H2,13,19,20)/t6-,7-,8+,9+,10+/m1/s1. The minimum absolute atomic E-state index is 0.0194. The van der Waals surface area contributed by atoms with Crippen molar-refractivity contribution in [1.82, 2.24) is 9.76 Å². The summed E-state index contributed by atoms with van der Waals surface area (Å²) < 4.78 is 18.5. The van der Waals surface area contributed by atoms with E-state index in [1.165, 1.54) is 0 Å². The van der Waals surface area contributed by atoms with E-state index < -0.39 is 44.9 Å². The van der Waals surface area contributed by atoms with Gasteiger partial charge in [0.2, 0.25) is 0 Å². The zero-order valence-corrected chi connectivity index (χ0v) is 14.0. The maximum Gasteiger partial charge on any atom is 0.343 e. The second-order valence-corrected chi connectivity index (χ2v) is 7.39. The number of aliphatic hydroxyl groups is 4. The van der Waals surface area contributed by atoms with Crippen LogP contribution >= 0.6 is 30.9 Å². The molecule has 1 unspecified atom stereocenters. The molecule has 0 aliphatic carbocycles. The molecule has 0 aromatic heterocycles. The largest absolute Gasteiger partial charge is 0.394 e. The molecule has 1 fully saturated rings.